The minimum atomic E-state index is -0.149. The quantitative estimate of drug-likeness (QED) is 0.820. The SMILES string of the molecule is N#Cc1ccc(O)c([C@@H](N)C2CCCCC2)c1. The molecule has 0 aromatic heterocycles. The molecule has 1 atom stereocenters. The number of nitrogens with zero attached hydrogens (tertiary/aromatic N) is 1. The van der Waals surface area contributed by atoms with Crippen LogP contribution in [0, 0.1) is 17.2 Å². The standard InChI is InChI=1S/C14H18N2O/c15-9-10-6-7-13(17)12(8-10)14(16)11-4-2-1-3-5-11/h6-8,11,14,17H,1-5,16H2/t14-/m0/s1. The highest BCUT2D eigenvalue weighted by molar-refractivity contribution is 5.43. The normalized spacial score (nSPS) is 18.6. The lowest BCUT2D eigenvalue weighted by Gasteiger charge is -2.28. The van der Waals surface area contributed by atoms with Crippen LogP contribution in [0.3, 0.4) is 0 Å². The highest BCUT2D eigenvalue weighted by Gasteiger charge is 2.23. The van der Waals surface area contributed by atoms with Gasteiger partial charge in [-0.2, -0.15) is 5.26 Å². The molecule has 3 heteroatoms. The molecule has 0 bridgehead atoms. The number of aromatic hydroxyl groups is 1. The van der Waals surface area contributed by atoms with Gasteiger partial charge in [-0.15, -0.1) is 0 Å². The molecule has 1 fully saturated rings. The van der Waals surface area contributed by atoms with E-state index in [1.54, 1.807) is 18.2 Å². The van der Waals surface area contributed by atoms with Crippen molar-refractivity contribution in [1.29, 1.82) is 5.26 Å². The van der Waals surface area contributed by atoms with Crippen molar-refractivity contribution in [3.8, 4) is 11.8 Å². The van der Waals surface area contributed by atoms with Gasteiger partial charge in [0.2, 0.25) is 0 Å². The van der Waals surface area contributed by atoms with Gasteiger partial charge in [0, 0.05) is 11.6 Å². The minimum Gasteiger partial charge on any atom is -0.508 e. The summed E-state index contributed by atoms with van der Waals surface area (Å²) in [6.07, 6.45) is 5.97. The van der Waals surface area contributed by atoms with Crippen LogP contribution in [-0.2, 0) is 0 Å². The summed E-state index contributed by atoms with van der Waals surface area (Å²) in [5.41, 5.74) is 7.50. The summed E-state index contributed by atoms with van der Waals surface area (Å²) in [4.78, 5) is 0. The third-order valence-corrected chi connectivity index (χ3v) is 3.67. The lowest BCUT2D eigenvalue weighted by atomic mass is 9.81. The van der Waals surface area contributed by atoms with Crippen molar-refractivity contribution in [3.05, 3.63) is 29.3 Å². The largest absolute Gasteiger partial charge is 0.508 e. The van der Waals surface area contributed by atoms with E-state index in [1.807, 2.05) is 0 Å². The molecule has 0 spiro atoms. The molecule has 0 heterocycles. The Morgan fingerprint density at radius 3 is 2.65 bits per heavy atom. The molecular formula is C14H18N2O. The van der Waals surface area contributed by atoms with Crippen LogP contribution in [0.15, 0.2) is 18.2 Å². The number of nitriles is 1. The number of phenolic OH excluding ortho intramolecular Hbond substituents is 1. The van der Waals surface area contributed by atoms with Crippen molar-refractivity contribution in [3.63, 3.8) is 0 Å². The first kappa shape index (κ1) is 11.9. The first-order valence-corrected chi connectivity index (χ1v) is 6.21. The Hall–Kier alpha value is -1.53. The third kappa shape index (κ3) is 2.59. The molecule has 1 aliphatic carbocycles. The molecule has 0 amide bonds. The van der Waals surface area contributed by atoms with Crippen LogP contribution in [0.1, 0.15) is 49.3 Å². The van der Waals surface area contributed by atoms with Crippen molar-refractivity contribution >= 4 is 0 Å². The Labute approximate surface area is 102 Å². The molecule has 1 aliphatic rings. The average Bonchev–Trinajstić information content (AvgIpc) is 2.39. The number of benzene rings is 1. The summed E-state index contributed by atoms with van der Waals surface area (Å²) in [5.74, 6) is 0.644. The van der Waals surface area contributed by atoms with Gasteiger partial charge in [-0.1, -0.05) is 19.3 Å². The summed E-state index contributed by atoms with van der Waals surface area (Å²) >= 11 is 0. The molecule has 1 saturated carbocycles. The van der Waals surface area contributed by atoms with Gasteiger partial charge >= 0.3 is 0 Å². The van der Waals surface area contributed by atoms with Crippen LogP contribution in [0.4, 0.5) is 0 Å². The van der Waals surface area contributed by atoms with Gasteiger partial charge in [-0.3, -0.25) is 0 Å². The van der Waals surface area contributed by atoms with Gasteiger partial charge in [0.25, 0.3) is 0 Å². The van der Waals surface area contributed by atoms with E-state index >= 15 is 0 Å². The lowest BCUT2D eigenvalue weighted by Crippen LogP contribution is -2.23. The van der Waals surface area contributed by atoms with Crippen molar-refractivity contribution in [2.45, 2.75) is 38.1 Å². The maximum atomic E-state index is 9.84. The second-order valence-corrected chi connectivity index (χ2v) is 4.81. The molecule has 3 N–H and O–H groups in total. The molecular weight excluding hydrogens is 212 g/mol. The summed E-state index contributed by atoms with van der Waals surface area (Å²) in [6.45, 7) is 0. The topological polar surface area (TPSA) is 70.0 Å². The van der Waals surface area contributed by atoms with Gasteiger partial charge in [0.05, 0.1) is 11.6 Å². The number of phenols is 1. The third-order valence-electron chi connectivity index (χ3n) is 3.67. The molecule has 1 aromatic carbocycles. The van der Waals surface area contributed by atoms with E-state index in [1.165, 1.54) is 19.3 Å². The second kappa shape index (κ2) is 5.20. The predicted molar refractivity (Wildman–Crippen MR) is 66.3 cm³/mol. The van der Waals surface area contributed by atoms with Crippen LogP contribution < -0.4 is 5.73 Å². The number of hydrogen-bond donors (Lipinski definition) is 2. The Morgan fingerprint density at radius 1 is 1.29 bits per heavy atom. The van der Waals surface area contributed by atoms with Crippen LogP contribution in [0.5, 0.6) is 5.75 Å². The summed E-state index contributed by atoms with van der Waals surface area (Å²) in [6, 6.07) is 6.84. The Kier molecular flexibility index (Phi) is 3.65. The number of rotatable bonds is 2. The van der Waals surface area contributed by atoms with E-state index in [0.29, 0.717) is 11.5 Å². The van der Waals surface area contributed by atoms with E-state index in [2.05, 4.69) is 6.07 Å². The molecule has 2 rings (SSSR count). The van der Waals surface area contributed by atoms with Crippen molar-refractivity contribution in [2.24, 2.45) is 11.7 Å². The molecule has 90 valence electrons. The second-order valence-electron chi connectivity index (χ2n) is 4.81. The van der Waals surface area contributed by atoms with E-state index in [0.717, 1.165) is 18.4 Å². The van der Waals surface area contributed by atoms with Gasteiger partial charge < -0.3 is 10.8 Å². The zero-order valence-electron chi connectivity index (χ0n) is 9.89. The maximum Gasteiger partial charge on any atom is 0.120 e. The zero-order chi connectivity index (χ0) is 12.3. The van der Waals surface area contributed by atoms with E-state index in [4.69, 9.17) is 11.0 Å². The van der Waals surface area contributed by atoms with Crippen molar-refractivity contribution in [1.82, 2.24) is 0 Å². The summed E-state index contributed by atoms with van der Waals surface area (Å²) < 4.78 is 0. The smallest absolute Gasteiger partial charge is 0.120 e. The fourth-order valence-corrected chi connectivity index (χ4v) is 2.64. The van der Waals surface area contributed by atoms with Gasteiger partial charge in [-0.05, 0) is 37.0 Å². The highest BCUT2D eigenvalue weighted by atomic mass is 16.3. The van der Waals surface area contributed by atoms with Gasteiger partial charge in [-0.25, -0.2) is 0 Å². The van der Waals surface area contributed by atoms with Crippen LogP contribution >= 0.6 is 0 Å². The minimum absolute atomic E-state index is 0.149. The molecule has 1 aromatic rings. The Balaban J connectivity index is 2.23. The van der Waals surface area contributed by atoms with E-state index < -0.39 is 0 Å². The fourth-order valence-electron chi connectivity index (χ4n) is 2.64. The van der Waals surface area contributed by atoms with E-state index in [-0.39, 0.29) is 11.8 Å². The van der Waals surface area contributed by atoms with E-state index in [9.17, 15) is 5.11 Å². The zero-order valence-corrected chi connectivity index (χ0v) is 9.89. The Morgan fingerprint density at radius 2 is 2.00 bits per heavy atom. The van der Waals surface area contributed by atoms with Crippen LogP contribution in [-0.4, -0.2) is 5.11 Å². The highest BCUT2D eigenvalue weighted by Crippen LogP contribution is 2.36. The Bertz CT molecular complexity index is 430. The molecule has 17 heavy (non-hydrogen) atoms. The molecule has 0 unspecified atom stereocenters. The predicted octanol–water partition coefficient (Wildman–Crippen LogP) is 2.84. The maximum absolute atomic E-state index is 9.84. The van der Waals surface area contributed by atoms with Crippen molar-refractivity contribution in [2.75, 3.05) is 0 Å². The summed E-state index contributed by atoms with van der Waals surface area (Å²) in [7, 11) is 0. The molecule has 0 saturated heterocycles. The lowest BCUT2D eigenvalue weighted by molar-refractivity contribution is 0.303. The first-order chi connectivity index (χ1) is 8.22. The van der Waals surface area contributed by atoms with Crippen molar-refractivity contribution < 1.29 is 5.11 Å². The van der Waals surface area contributed by atoms with Crippen LogP contribution in [0.2, 0.25) is 0 Å². The molecule has 3 nitrogen and oxygen atoms in total. The molecule has 0 radical (unpaired) electrons. The van der Waals surface area contributed by atoms with Gasteiger partial charge in [0.1, 0.15) is 5.75 Å². The molecule has 0 aliphatic heterocycles. The fraction of sp³-hybridized carbons (Fsp3) is 0.500. The number of hydrogen-bond acceptors (Lipinski definition) is 3. The van der Waals surface area contributed by atoms with Crippen LogP contribution in [0.25, 0.3) is 0 Å². The first-order valence-electron chi connectivity index (χ1n) is 6.21. The van der Waals surface area contributed by atoms with Gasteiger partial charge in [0.15, 0.2) is 0 Å². The monoisotopic (exact) mass is 230 g/mol. The average molecular weight is 230 g/mol. The summed E-state index contributed by atoms with van der Waals surface area (Å²) in [5, 5.41) is 18.7. The number of nitrogens with two attached hydrogens (primary N) is 1.